The maximum atomic E-state index is 13.8. The molecule has 1 heterocycles. The fraction of sp³-hybridized carbons (Fsp3) is 0.385. The minimum Gasteiger partial charge on any atom is -0.495 e. The maximum absolute atomic E-state index is 13.8. The zero-order valence-corrected chi connectivity index (χ0v) is 20.6. The fourth-order valence-corrected chi connectivity index (χ4v) is 6.96. The molecule has 2 aliphatic carbocycles. The van der Waals surface area contributed by atoms with Gasteiger partial charge in [-0.1, -0.05) is 19.9 Å². The zero-order valence-electron chi connectivity index (χ0n) is 19.8. The van der Waals surface area contributed by atoms with Crippen molar-refractivity contribution in [2.45, 2.75) is 30.6 Å². The summed E-state index contributed by atoms with van der Waals surface area (Å²) in [7, 11) is -0.410. The number of nitriles is 1. The molecule has 0 N–H and O–H groups in total. The van der Waals surface area contributed by atoms with Crippen LogP contribution in [0.25, 0.3) is 5.57 Å². The summed E-state index contributed by atoms with van der Waals surface area (Å²) in [6.07, 6.45) is 0.585. The highest BCUT2D eigenvalue weighted by Crippen LogP contribution is 2.51. The Morgan fingerprint density at radius 2 is 1.76 bits per heavy atom. The van der Waals surface area contributed by atoms with Gasteiger partial charge in [-0.25, -0.2) is 8.42 Å². The molecule has 5 rings (SSSR count). The van der Waals surface area contributed by atoms with Gasteiger partial charge in [0.15, 0.2) is 5.78 Å². The lowest BCUT2D eigenvalue weighted by atomic mass is 9.68. The average Bonchev–Trinajstić information content (AvgIpc) is 3.22. The Morgan fingerprint density at radius 1 is 1.06 bits per heavy atom. The first-order chi connectivity index (χ1) is 16.1. The molecule has 0 amide bonds. The minimum atomic E-state index is -3.84. The Kier molecular flexibility index (Phi) is 5.21. The van der Waals surface area contributed by atoms with Crippen LogP contribution in [0.5, 0.6) is 5.75 Å². The van der Waals surface area contributed by atoms with Crippen molar-refractivity contribution in [1.29, 1.82) is 5.26 Å². The van der Waals surface area contributed by atoms with Crippen LogP contribution in [0.2, 0.25) is 0 Å². The molecular formula is C26H27N3O4S. The first kappa shape index (κ1) is 22.8. The normalized spacial score (nSPS) is 19.9. The summed E-state index contributed by atoms with van der Waals surface area (Å²) in [4.78, 5) is 15.9. The third kappa shape index (κ3) is 3.22. The topological polar surface area (TPSA) is 90.7 Å². The van der Waals surface area contributed by atoms with Gasteiger partial charge in [0, 0.05) is 42.7 Å². The fourth-order valence-electron chi connectivity index (χ4n) is 5.38. The number of ketones is 1. The van der Waals surface area contributed by atoms with Crippen molar-refractivity contribution < 1.29 is 17.9 Å². The SMILES string of the molecule is COc1cc2c(cc1S(=O)(=O)N1CCN(C)CC1)C(=O)C1=C(Cc3cc(C#N)ccc31)C2(C)C. The molecule has 0 aromatic heterocycles. The second-order valence-corrected chi connectivity index (χ2v) is 11.6. The van der Waals surface area contributed by atoms with Crippen LogP contribution in [0, 0.1) is 11.3 Å². The van der Waals surface area contributed by atoms with Crippen molar-refractivity contribution in [1.82, 2.24) is 9.21 Å². The summed E-state index contributed by atoms with van der Waals surface area (Å²) < 4.78 is 34.2. The molecule has 2 aromatic carbocycles. The number of piperazine rings is 1. The molecule has 3 aliphatic rings. The number of sulfonamides is 1. The number of rotatable bonds is 3. The summed E-state index contributed by atoms with van der Waals surface area (Å²) in [5, 5.41) is 9.30. The summed E-state index contributed by atoms with van der Waals surface area (Å²) in [5.74, 6) is 0.0788. The first-order valence-electron chi connectivity index (χ1n) is 11.3. The van der Waals surface area contributed by atoms with Gasteiger partial charge in [0.25, 0.3) is 0 Å². The van der Waals surface area contributed by atoms with E-state index in [1.807, 2.05) is 19.2 Å². The van der Waals surface area contributed by atoms with E-state index < -0.39 is 15.4 Å². The van der Waals surface area contributed by atoms with E-state index in [1.54, 1.807) is 12.1 Å². The van der Waals surface area contributed by atoms with Crippen LogP contribution < -0.4 is 4.74 Å². The number of methoxy groups -OCH3 is 1. The molecule has 34 heavy (non-hydrogen) atoms. The Bertz CT molecular complexity index is 1410. The van der Waals surface area contributed by atoms with E-state index in [1.165, 1.54) is 17.5 Å². The van der Waals surface area contributed by atoms with E-state index in [0.29, 0.717) is 49.3 Å². The lowest BCUT2D eigenvalue weighted by Gasteiger charge is -2.36. The van der Waals surface area contributed by atoms with Gasteiger partial charge in [0.2, 0.25) is 10.0 Å². The van der Waals surface area contributed by atoms with Gasteiger partial charge in [-0.3, -0.25) is 4.79 Å². The van der Waals surface area contributed by atoms with E-state index in [2.05, 4.69) is 24.8 Å². The third-order valence-corrected chi connectivity index (χ3v) is 9.38. The third-order valence-electron chi connectivity index (χ3n) is 7.46. The summed E-state index contributed by atoms with van der Waals surface area (Å²) >= 11 is 0. The van der Waals surface area contributed by atoms with Crippen molar-refractivity contribution >= 4 is 21.4 Å². The Labute approximate surface area is 200 Å². The van der Waals surface area contributed by atoms with Crippen LogP contribution in [0.3, 0.4) is 0 Å². The molecule has 0 radical (unpaired) electrons. The van der Waals surface area contributed by atoms with Gasteiger partial charge in [0.05, 0.1) is 18.7 Å². The number of benzene rings is 2. The van der Waals surface area contributed by atoms with Crippen molar-refractivity contribution in [3.05, 3.63) is 63.7 Å². The number of carbonyl (C=O) groups is 1. The molecule has 0 unspecified atom stereocenters. The number of hydrogen-bond donors (Lipinski definition) is 0. The molecule has 0 atom stereocenters. The van der Waals surface area contributed by atoms with Crippen molar-refractivity contribution in [2.75, 3.05) is 40.3 Å². The van der Waals surface area contributed by atoms with Crippen LogP contribution in [0.4, 0.5) is 0 Å². The number of Topliss-reactive ketones (excluding diaryl/α,β-unsaturated/α-hetero) is 1. The number of fused-ring (bicyclic) bond motifs is 3. The molecule has 176 valence electrons. The summed E-state index contributed by atoms with van der Waals surface area (Å²) in [6, 6.07) is 10.8. The molecule has 7 nitrogen and oxygen atoms in total. The van der Waals surface area contributed by atoms with Crippen LogP contribution in [0.1, 0.15) is 46.5 Å². The van der Waals surface area contributed by atoms with Gasteiger partial charge < -0.3 is 9.64 Å². The lowest BCUT2D eigenvalue weighted by Crippen LogP contribution is -2.47. The molecule has 1 aliphatic heterocycles. The van der Waals surface area contributed by atoms with E-state index in [9.17, 15) is 18.5 Å². The standard InChI is InChI=1S/C26H27N3O4S/c1-26(2)20-14-22(33-4)23(34(31,32)29-9-7-28(3)8-10-29)13-19(20)25(30)24-18-6-5-16(15-27)11-17(18)12-21(24)26/h5-6,11,13-14H,7-10,12H2,1-4H3. The van der Waals surface area contributed by atoms with Gasteiger partial charge in [-0.2, -0.15) is 9.57 Å². The van der Waals surface area contributed by atoms with Gasteiger partial charge in [0.1, 0.15) is 10.6 Å². The molecule has 0 spiro atoms. The highest BCUT2D eigenvalue weighted by Gasteiger charge is 2.44. The van der Waals surface area contributed by atoms with Gasteiger partial charge in [-0.05, 0) is 60.0 Å². The number of nitrogens with zero attached hydrogens (tertiary/aromatic N) is 3. The van der Waals surface area contributed by atoms with Crippen LogP contribution >= 0.6 is 0 Å². The predicted molar refractivity (Wildman–Crippen MR) is 128 cm³/mol. The van der Waals surface area contributed by atoms with E-state index >= 15 is 0 Å². The van der Waals surface area contributed by atoms with E-state index in [4.69, 9.17) is 4.74 Å². The monoisotopic (exact) mass is 477 g/mol. The smallest absolute Gasteiger partial charge is 0.246 e. The Morgan fingerprint density at radius 3 is 2.41 bits per heavy atom. The van der Waals surface area contributed by atoms with Crippen LogP contribution in [-0.2, 0) is 21.9 Å². The van der Waals surface area contributed by atoms with E-state index in [0.717, 1.165) is 22.3 Å². The first-order valence-corrected chi connectivity index (χ1v) is 12.8. The molecule has 0 saturated carbocycles. The number of likely N-dealkylation sites (N-methyl/N-ethyl adjacent to an activating group) is 1. The maximum Gasteiger partial charge on any atom is 0.246 e. The molecule has 2 aromatic rings. The molecular weight excluding hydrogens is 450 g/mol. The second-order valence-electron chi connectivity index (χ2n) is 9.72. The zero-order chi connectivity index (χ0) is 24.4. The minimum absolute atomic E-state index is 0.0320. The van der Waals surface area contributed by atoms with Gasteiger partial charge >= 0.3 is 0 Å². The van der Waals surface area contributed by atoms with Crippen LogP contribution in [0.15, 0.2) is 40.8 Å². The average molecular weight is 478 g/mol. The van der Waals surface area contributed by atoms with Gasteiger partial charge in [-0.15, -0.1) is 0 Å². The Hall–Kier alpha value is -2.99. The molecule has 8 heteroatoms. The summed E-state index contributed by atoms with van der Waals surface area (Å²) in [5.41, 5.74) is 4.62. The molecule has 1 fully saturated rings. The Balaban J connectivity index is 1.65. The quantitative estimate of drug-likeness (QED) is 0.675. The van der Waals surface area contributed by atoms with Crippen molar-refractivity contribution in [3.63, 3.8) is 0 Å². The van der Waals surface area contributed by atoms with Crippen molar-refractivity contribution in [3.8, 4) is 11.8 Å². The highest BCUT2D eigenvalue weighted by molar-refractivity contribution is 7.89. The van der Waals surface area contributed by atoms with Crippen LogP contribution in [-0.4, -0.2) is 63.7 Å². The number of carbonyl (C=O) groups excluding carboxylic acids is 1. The highest BCUT2D eigenvalue weighted by atomic mass is 32.2. The predicted octanol–water partition coefficient (Wildman–Crippen LogP) is 2.99. The lowest BCUT2D eigenvalue weighted by molar-refractivity contribution is 0.105. The van der Waals surface area contributed by atoms with Crippen molar-refractivity contribution in [2.24, 2.45) is 0 Å². The van der Waals surface area contributed by atoms with E-state index in [-0.39, 0.29) is 16.4 Å². The molecule has 0 bridgehead atoms. The molecule has 1 saturated heterocycles. The number of hydrogen-bond acceptors (Lipinski definition) is 6. The number of allylic oxidation sites excluding steroid dienone is 2. The largest absolute Gasteiger partial charge is 0.495 e. The second kappa shape index (κ2) is 7.77. The number of ether oxygens (including phenoxy) is 1. The summed E-state index contributed by atoms with van der Waals surface area (Å²) in [6.45, 7) is 6.19.